The second-order valence-corrected chi connectivity index (χ2v) is 7.16. The first-order valence-corrected chi connectivity index (χ1v) is 8.95. The van der Waals surface area contributed by atoms with E-state index >= 15 is 0 Å². The van der Waals surface area contributed by atoms with Crippen LogP contribution in [0.15, 0.2) is 51.9 Å². The number of carbonyl (C=O) groups excluding carboxylic acids is 1. The summed E-state index contributed by atoms with van der Waals surface area (Å²) in [4.78, 5) is 16.9. The van der Waals surface area contributed by atoms with Crippen molar-refractivity contribution in [3.63, 3.8) is 0 Å². The first kappa shape index (κ1) is 17.9. The second-order valence-electron chi connectivity index (χ2n) is 5.24. The van der Waals surface area contributed by atoms with Crippen LogP contribution in [-0.4, -0.2) is 10.5 Å². The molecule has 1 heterocycles. The lowest BCUT2D eigenvalue weighted by atomic mass is 10.1. The van der Waals surface area contributed by atoms with E-state index in [4.69, 9.17) is 0 Å². The maximum absolute atomic E-state index is 12.8. The third-order valence-corrected chi connectivity index (χ3v) is 5.13. The van der Waals surface area contributed by atoms with E-state index in [1.165, 1.54) is 23.5 Å². The lowest BCUT2D eigenvalue weighted by Gasteiger charge is -2.06. The van der Waals surface area contributed by atoms with Gasteiger partial charge in [-0.2, -0.15) is 18.2 Å². The van der Waals surface area contributed by atoms with Crippen LogP contribution in [0.25, 0.3) is 10.2 Å². The number of fused-ring (bicyclic) bond motifs is 1. The van der Waals surface area contributed by atoms with Gasteiger partial charge >= 0.3 is 6.18 Å². The lowest BCUT2D eigenvalue weighted by Crippen LogP contribution is -2.16. The van der Waals surface area contributed by atoms with E-state index in [1.54, 1.807) is 0 Å². The molecule has 0 spiro atoms. The number of aromatic nitrogens is 1. The highest BCUT2D eigenvalue weighted by Gasteiger charge is 2.30. The van der Waals surface area contributed by atoms with Crippen molar-refractivity contribution in [3.8, 4) is 0 Å². The molecule has 0 saturated carbocycles. The molecular weight excluding hydrogens is 417 g/mol. The van der Waals surface area contributed by atoms with Crippen LogP contribution in [0.5, 0.6) is 0 Å². The number of thiazole rings is 1. The van der Waals surface area contributed by atoms with Gasteiger partial charge in [0.15, 0.2) is 4.80 Å². The fourth-order valence-corrected chi connectivity index (χ4v) is 4.06. The van der Waals surface area contributed by atoms with Crippen LogP contribution in [0, 0.1) is 0 Å². The van der Waals surface area contributed by atoms with Crippen LogP contribution in [0.4, 0.5) is 13.2 Å². The average molecular weight is 429 g/mol. The Hall–Kier alpha value is -1.93. The summed E-state index contributed by atoms with van der Waals surface area (Å²) in [5, 5.41) is 0. The molecule has 3 aromatic rings. The Kier molecular flexibility index (Phi) is 4.83. The van der Waals surface area contributed by atoms with Crippen LogP contribution in [0.3, 0.4) is 0 Å². The van der Waals surface area contributed by atoms with Crippen molar-refractivity contribution in [1.29, 1.82) is 0 Å². The molecule has 0 saturated heterocycles. The van der Waals surface area contributed by atoms with E-state index in [2.05, 4.69) is 20.9 Å². The summed E-state index contributed by atoms with van der Waals surface area (Å²) in [6.07, 6.45) is -4.50. The molecule has 1 aromatic heterocycles. The number of aryl methyl sites for hydroxylation is 1. The Morgan fingerprint density at radius 3 is 2.68 bits per heavy atom. The average Bonchev–Trinajstić information content (AvgIpc) is 2.90. The van der Waals surface area contributed by atoms with Gasteiger partial charge in [-0.15, -0.1) is 0 Å². The zero-order chi connectivity index (χ0) is 18.2. The summed E-state index contributed by atoms with van der Waals surface area (Å²) in [5.74, 6) is -0.695. The minimum Gasteiger partial charge on any atom is -0.317 e. The number of benzene rings is 2. The molecule has 8 heteroatoms. The molecule has 0 aliphatic carbocycles. The van der Waals surface area contributed by atoms with Gasteiger partial charge in [0.05, 0.1) is 15.8 Å². The molecule has 3 nitrogen and oxygen atoms in total. The number of nitrogens with zero attached hydrogens (tertiary/aromatic N) is 2. The van der Waals surface area contributed by atoms with Crippen molar-refractivity contribution in [2.24, 2.45) is 4.99 Å². The minimum atomic E-state index is -4.50. The van der Waals surface area contributed by atoms with E-state index in [-0.39, 0.29) is 5.56 Å². The van der Waals surface area contributed by atoms with Gasteiger partial charge in [0.1, 0.15) is 0 Å². The third kappa shape index (κ3) is 3.69. The molecule has 0 fully saturated rings. The van der Waals surface area contributed by atoms with E-state index in [1.807, 2.05) is 29.7 Å². The van der Waals surface area contributed by atoms with E-state index in [0.717, 1.165) is 26.8 Å². The normalized spacial score (nSPS) is 12.8. The van der Waals surface area contributed by atoms with Crippen molar-refractivity contribution in [3.05, 3.63) is 62.9 Å². The van der Waals surface area contributed by atoms with Gasteiger partial charge < -0.3 is 4.57 Å². The molecule has 0 aliphatic heterocycles. The number of hydrogen-bond acceptors (Lipinski definition) is 2. The van der Waals surface area contributed by atoms with Crippen molar-refractivity contribution >= 4 is 43.4 Å². The van der Waals surface area contributed by atoms with E-state index in [9.17, 15) is 18.0 Å². The molecule has 130 valence electrons. The summed E-state index contributed by atoms with van der Waals surface area (Å²) in [6, 6.07) is 10.0. The topological polar surface area (TPSA) is 34.4 Å². The van der Waals surface area contributed by atoms with Gasteiger partial charge in [0.2, 0.25) is 0 Å². The summed E-state index contributed by atoms with van der Waals surface area (Å²) in [7, 11) is 0. The number of amides is 1. The molecule has 1 amide bonds. The Bertz CT molecular complexity index is 1020. The van der Waals surface area contributed by atoms with Crippen molar-refractivity contribution in [2.45, 2.75) is 19.6 Å². The first-order valence-electron chi connectivity index (χ1n) is 7.35. The van der Waals surface area contributed by atoms with Crippen molar-refractivity contribution in [1.82, 2.24) is 4.57 Å². The molecular formula is C17H12BrF3N2OS. The van der Waals surface area contributed by atoms with Gasteiger partial charge in [0.25, 0.3) is 5.91 Å². The Morgan fingerprint density at radius 1 is 1.24 bits per heavy atom. The largest absolute Gasteiger partial charge is 0.416 e. The van der Waals surface area contributed by atoms with E-state index < -0.39 is 17.6 Å². The number of halogens is 4. The van der Waals surface area contributed by atoms with Crippen molar-refractivity contribution < 1.29 is 18.0 Å². The van der Waals surface area contributed by atoms with E-state index in [0.29, 0.717) is 11.3 Å². The highest BCUT2D eigenvalue weighted by molar-refractivity contribution is 9.10. The van der Waals surface area contributed by atoms with Gasteiger partial charge in [0, 0.05) is 16.6 Å². The maximum atomic E-state index is 12.8. The number of carbonyl (C=O) groups is 1. The zero-order valence-corrected chi connectivity index (χ0v) is 15.4. The molecule has 0 atom stereocenters. The molecule has 3 rings (SSSR count). The van der Waals surface area contributed by atoms with Gasteiger partial charge in [-0.25, -0.2) is 0 Å². The Labute approximate surface area is 153 Å². The monoisotopic (exact) mass is 428 g/mol. The number of rotatable bonds is 2. The molecule has 0 radical (unpaired) electrons. The fourth-order valence-electron chi connectivity index (χ4n) is 2.42. The second kappa shape index (κ2) is 6.76. The molecule has 2 aromatic carbocycles. The SMILES string of the molecule is CCn1c(=NC(=O)c2cccc(C(F)(F)F)c2)sc2cc(Br)ccc21. The maximum Gasteiger partial charge on any atom is 0.416 e. The van der Waals surface area contributed by atoms with Crippen LogP contribution in [-0.2, 0) is 12.7 Å². The zero-order valence-electron chi connectivity index (χ0n) is 13.0. The quantitative estimate of drug-likeness (QED) is 0.549. The van der Waals surface area contributed by atoms with Gasteiger partial charge in [-0.1, -0.05) is 33.3 Å². The van der Waals surface area contributed by atoms with Gasteiger partial charge in [-0.05, 0) is 43.3 Å². The lowest BCUT2D eigenvalue weighted by molar-refractivity contribution is -0.137. The summed E-state index contributed by atoms with van der Waals surface area (Å²) < 4.78 is 42.1. The van der Waals surface area contributed by atoms with Crippen LogP contribution in [0.2, 0.25) is 0 Å². The first-order chi connectivity index (χ1) is 11.8. The Morgan fingerprint density at radius 2 is 2.00 bits per heavy atom. The smallest absolute Gasteiger partial charge is 0.317 e. The van der Waals surface area contributed by atoms with Gasteiger partial charge in [-0.3, -0.25) is 4.79 Å². The number of alkyl halides is 3. The summed E-state index contributed by atoms with van der Waals surface area (Å²) in [6.45, 7) is 2.51. The predicted octanol–water partition coefficient (Wildman–Crippen LogP) is 5.25. The molecule has 0 unspecified atom stereocenters. The molecule has 0 aliphatic rings. The summed E-state index contributed by atoms with van der Waals surface area (Å²) in [5.41, 5.74) is -0.0282. The van der Waals surface area contributed by atoms with Crippen LogP contribution in [0.1, 0.15) is 22.8 Å². The Balaban J connectivity index is 2.09. The standard InChI is InChI=1S/C17H12BrF3N2OS/c1-2-23-13-7-6-12(18)9-14(13)25-16(23)22-15(24)10-4-3-5-11(8-10)17(19,20)21/h3-9H,2H2,1H3. The highest BCUT2D eigenvalue weighted by Crippen LogP contribution is 2.29. The third-order valence-electron chi connectivity index (χ3n) is 3.60. The molecule has 0 bridgehead atoms. The molecule has 25 heavy (non-hydrogen) atoms. The predicted molar refractivity (Wildman–Crippen MR) is 94.5 cm³/mol. The highest BCUT2D eigenvalue weighted by atomic mass is 79.9. The fraction of sp³-hybridized carbons (Fsp3) is 0.176. The molecule has 0 N–H and O–H groups in total. The number of hydrogen-bond donors (Lipinski definition) is 0. The van der Waals surface area contributed by atoms with Crippen LogP contribution >= 0.6 is 27.3 Å². The van der Waals surface area contributed by atoms with Crippen molar-refractivity contribution in [2.75, 3.05) is 0 Å². The summed E-state index contributed by atoms with van der Waals surface area (Å²) >= 11 is 4.71. The minimum absolute atomic E-state index is 0.0869. The van der Waals surface area contributed by atoms with Crippen LogP contribution < -0.4 is 4.80 Å².